The van der Waals surface area contributed by atoms with E-state index in [1.807, 2.05) is 0 Å². The summed E-state index contributed by atoms with van der Waals surface area (Å²) in [5, 5.41) is 0. The van der Waals surface area contributed by atoms with Gasteiger partial charge in [0.15, 0.2) is 0 Å². The molecule has 0 atom stereocenters. The fourth-order valence-corrected chi connectivity index (χ4v) is 3.76. The number of nitrogens with zero attached hydrogens (tertiary/aromatic N) is 1. The summed E-state index contributed by atoms with van der Waals surface area (Å²) in [5.74, 6) is -0.0847. The Morgan fingerprint density at radius 2 is 2.05 bits per heavy atom. The number of amides is 1. The highest BCUT2D eigenvalue weighted by atomic mass is 35.5. The summed E-state index contributed by atoms with van der Waals surface area (Å²) in [6.07, 6.45) is 0.747. The van der Waals surface area contributed by atoms with E-state index in [4.69, 9.17) is 5.73 Å². The van der Waals surface area contributed by atoms with E-state index in [0.29, 0.717) is 12.2 Å². The quantitative estimate of drug-likeness (QED) is 0.850. The minimum absolute atomic E-state index is 0. The Morgan fingerprint density at radius 3 is 2.59 bits per heavy atom. The number of nitrogens with two attached hydrogens (primary N) is 1. The lowest BCUT2D eigenvalue weighted by Crippen LogP contribution is -2.48. The van der Waals surface area contributed by atoms with Gasteiger partial charge in [-0.25, -0.2) is 13.1 Å². The predicted octanol–water partition coefficient (Wildman–Crippen LogP) is 1.03. The molecule has 1 aromatic carbocycles. The molecule has 3 N–H and O–H groups in total. The van der Waals surface area contributed by atoms with Gasteiger partial charge in [0, 0.05) is 31.2 Å². The van der Waals surface area contributed by atoms with Gasteiger partial charge < -0.3 is 10.6 Å². The Bertz CT molecular complexity index is 674. The lowest BCUT2D eigenvalue weighted by molar-refractivity contribution is -0.116. The maximum Gasteiger partial charge on any atom is 0.241 e. The largest absolute Gasteiger partial charge is 0.329 e. The molecule has 0 saturated carbocycles. The number of hydrogen-bond donors (Lipinski definition) is 2. The number of carbonyl (C=O) groups excluding carboxylic acids is 1. The molecule has 1 heterocycles. The van der Waals surface area contributed by atoms with Crippen LogP contribution in [0.2, 0.25) is 0 Å². The van der Waals surface area contributed by atoms with E-state index >= 15 is 0 Å². The number of sulfonamides is 1. The van der Waals surface area contributed by atoms with Crippen LogP contribution in [0.15, 0.2) is 23.1 Å². The van der Waals surface area contributed by atoms with E-state index in [1.165, 1.54) is 6.92 Å². The van der Waals surface area contributed by atoms with Gasteiger partial charge in [-0.3, -0.25) is 4.79 Å². The normalized spacial score (nSPS) is 14.5. The van der Waals surface area contributed by atoms with Crippen LogP contribution < -0.4 is 15.4 Å². The number of benzene rings is 1. The van der Waals surface area contributed by atoms with Gasteiger partial charge in [-0.1, -0.05) is 6.07 Å². The third-order valence-electron chi connectivity index (χ3n) is 3.56. The second-order valence-electron chi connectivity index (χ2n) is 5.90. The van der Waals surface area contributed by atoms with Gasteiger partial charge in [0.2, 0.25) is 15.9 Å². The minimum atomic E-state index is -3.67. The Labute approximate surface area is 137 Å². The van der Waals surface area contributed by atoms with Gasteiger partial charge in [0.25, 0.3) is 0 Å². The van der Waals surface area contributed by atoms with Gasteiger partial charge in [-0.2, -0.15) is 0 Å². The molecule has 1 aromatic rings. The number of anilines is 1. The highest BCUT2D eigenvalue weighted by Crippen LogP contribution is 2.30. The van der Waals surface area contributed by atoms with E-state index in [9.17, 15) is 13.2 Å². The zero-order chi connectivity index (χ0) is 15.8. The van der Waals surface area contributed by atoms with Gasteiger partial charge >= 0.3 is 0 Å². The van der Waals surface area contributed by atoms with Crippen molar-refractivity contribution in [1.29, 1.82) is 0 Å². The summed E-state index contributed by atoms with van der Waals surface area (Å²) < 4.78 is 27.4. The van der Waals surface area contributed by atoms with Crippen molar-refractivity contribution in [3.05, 3.63) is 23.8 Å². The summed E-state index contributed by atoms with van der Waals surface area (Å²) in [6, 6.07) is 4.89. The van der Waals surface area contributed by atoms with Gasteiger partial charge in [0.05, 0.1) is 4.90 Å². The van der Waals surface area contributed by atoms with Crippen molar-refractivity contribution >= 4 is 34.0 Å². The van der Waals surface area contributed by atoms with Crippen LogP contribution in [0, 0.1) is 0 Å². The molecule has 1 aliphatic rings. The van der Waals surface area contributed by atoms with Crippen molar-refractivity contribution in [2.75, 3.05) is 18.0 Å². The molecule has 0 spiro atoms. The number of hydrogen-bond acceptors (Lipinski definition) is 4. The maximum absolute atomic E-state index is 12.4. The number of nitrogens with one attached hydrogen (secondary N) is 1. The average Bonchev–Trinajstić information content (AvgIpc) is 2.80. The summed E-state index contributed by atoms with van der Waals surface area (Å²) in [4.78, 5) is 13.3. The standard InChI is InChI=1S/C14H21N3O3S.ClH/c1-10(18)17-7-6-11-4-5-12(8-13(11)17)21(19,20)16-14(2,3)9-15;/h4-5,8,16H,6-7,9,15H2,1-3H3;1H. The highest BCUT2D eigenvalue weighted by Gasteiger charge is 2.28. The van der Waals surface area contributed by atoms with Crippen LogP contribution in [0.25, 0.3) is 0 Å². The van der Waals surface area contributed by atoms with Crippen molar-refractivity contribution in [2.24, 2.45) is 5.73 Å². The second kappa shape index (κ2) is 6.54. The lowest BCUT2D eigenvalue weighted by Gasteiger charge is -2.24. The first-order valence-electron chi connectivity index (χ1n) is 6.81. The molecule has 0 radical (unpaired) electrons. The number of halogens is 1. The monoisotopic (exact) mass is 347 g/mol. The van der Waals surface area contributed by atoms with Gasteiger partial charge in [0.1, 0.15) is 0 Å². The molecule has 0 fully saturated rings. The molecule has 0 bridgehead atoms. The van der Waals surface area contributed by atoms with Crippen LogP contribution in [-0.2, 0) is 21.2 Å². The summed E-state index contributed by atoms with van der Waals surface area (Å²) in [6.45, 7) is 5.71. The molecule has 22 heavy (non-hydrogen) atoms. The molecule has 0 saturated heterocycles. The van der Waals surface area contributed by atoms with Crippen molar-refractivity contribution in [1.82, 2.24) is 4.72 Å². The fraction of sp³-hybridized carbons (Fsp3) is 0.500. The van der Waals surface area contributed by atoms with Crippen molar-refractivity contribution in [3.8, 4) is 0 Å². The van der Waals surface area contributed by atoms with Crippen LogP contribution in [0.4, 0.5) is 5.69 Å². The second-order valence-corrected chi connectivity index (χ2v) is 7.59. The molecular formula is C14H22ClN3O3S. The first-order valence-corrected chi connectivity index (χ1v) is 8.30. The lowest BCUT2D eigenvalue weighted by atomic mass is 10.1. The Morgan fingerprint density at radius 1 is 1.41 bits per heavy atom. The van der Waals surface area contributed by atoms with Crippen molar-refractivity contribution in [2.45, 2.75) is 37.6 Å². The first-order chi connectivity index (χ1) is 9.66. The molecule has 8 heteroatoms. The third kappa shape index (κ3) is 3.78. The number of rotatable bonds is 4. The van der Waals surface area contributed by atoms with Crippen LogP contribution in [0.1, 0.15) is 26.3 Å². The maximum atomic E-state index is 12.4. The third-order valence-corrected chi connectivity index (χ3v) is 5.26. The van der Waals surface area contributed by atoms with Crippen LogP contribution in [-0.4, -0.2) is 33.0 Å². The molecule has 1 aliphatic heterocycles. The topological polar surface area (TPSA) is 92.5 Å². The van der Waals surface area contributed by atoms with Crippen molar-refractivity contribution < 1.29 is 13.2 Å². The van der Waals surface area contributed by atoms with Crippen molar-refractivity contribution in [3.63, 3.8) is 0 Å². The minimum Gasteiger partial charge on any atom is -0.329 e. The van der Waals surface area contributed by atoms with Gasteiger partial charge in [-0.15, -0.1) is 12.4 Å². The fourth-order valence-electron chi connectivity index (χ4n) is 2.32. The smallest absolute Gasteiger partial charge is 0.241 e. The first kappa shape index (κ1) is 18.9. The van der Waals surface area contributed by atoms with E-state index < -0.39 is 15.6 Å². The highest BCUT2D eigenvalue weighted by molar-refractivity contribution is 7.89. The molecule has 2 rings (SSSR count). The zero-order valence-corrected chi connectivity index (χ0v) is 14.6. The van der Waals surface area contributed by atoms with Crippen LogP contribution in [0.3, 0.4) is 0 Å². The number of carbonyl (C=O) groups is 1. The molecule has 0 aliphatic carbocycles. The average molecular weight is 348 g/mol. The molecule has 6 nitrogen and oxygen atoms in total. The molecular weight excluding hydrogens is 326 g/mol. The zero-order valence-electron chi connectivity index (χ0n) is 12.9. The molecule has 1 amide bonds. The Hall–Kier alpha value is -1.15. The van der Waals surface area contributed by atoms with Crippen LogP contribution >= 0.6 is 12.4 Å². The van der Waals surface area contributed by atoms with E-state index in [2.05, 4.69) is 4.72 Å². The summed E-state index contributed by atoms with van der Waals surface area (Å²) in [5.41, 5.74) is 6.50. The Balaban J connectivity index is 0.00000242. The SMILES string of the molecule is CC(=O)N1CCc2ccc(S(=O)(=O)NC(C)(C)CN)cc21.Cl. The molecule has 0 unspecified atom stereocenters. The Kier molecular flexibility index (Phi) is 5.61. The summed E-state index contributed by atoms with van der Waals surface area (Å²) >= 11 is 0. The molecule has 0 aromatic heterocycles. The predicted molar refractivity (Wildman–Crippen MR) is 88.9 cm³/mol. The van der Waals surface area contributed by atoms with E-state index in [1.54, 1.807) is 36.9 Å². The number of fused-ring (bicyclic) bond motifs is 1. The molecule has 124 valence electrons. The van der Waals surface area contributed by atoms with E-state index in [0.717, 1.165) is 12.0 Å². The van der Waals surface area contributed by atoms with Crippen LogP contribution in [0.5, 0.6) is 0 Å². The summed E-state index contributed by atoms with van der Waals surface area (Å²) in [7, 11) is -3.67. The van der Waals surface area contributed by atoms with Gasteiger partial charge in [-0.05, 0) is 38.0 Å². The van der Waals surface area contributed by atoms with E-state index in [-0.39, 0.29) is 29.8 Å².